The van der Waals surface area contributed by atoms with Gasteiger partial charge in [-0.1, -0.05) is 75.4 Å². The zero-order valence-electron chi connectivity index (χ0n) is 22.6. The van der Waals surface area contributed by atoms with E-state index in [-0.39, 0.29) is 28.8 Å². The van der Waals surface area contributed by atoms with Gasteiger partial charge in [-0.15, -0.1) is 0 Å². The molecular formula is C29H40BNO4. The Bertz CT molecular complexity index is 1030. The lowest BCUT2D eigenvalue weighted by molar-refractivity contribution is -0.0805. The third-order valence-electron chi connectivity index (χ3n) is 7.80. The van der Waals surface area contributed by atoms with Crippen LogP contribution in [0.25, 0.3) is 0 Å². The van der Waals surface area contributed by atoms with E-state index in [2.05, 4.69) is 79.7 Å². The van der Waals surface area contributed by atoms with Crippen LogP contribution in [0, 0.1) is 5.41 Å². The Hall–Kier alpha value is -2.31. The molecule has 1 amide bonds. The molecule has 0 radical (unpaired) electrons. The normalized spacial score (nSPS) is 24.9. The van der Waals surface area contributed by atoms with Crippen LogP contribution in [-0.2, 0) is 19.6 Å². The molecule has 2 aromatic rings. The summed E-state index contributed by atoms with van der Waals surface area (Å²) in [6, 6.07) is 18.3. The SMILES string of the molecule is C[C@@H](c1ccc(B2OC(C)(C)C(C)(C)O2)cc1)N1CC[C@](CC(C)(C)C)(c2ccccc2)OC1=O. The van der Waals surface area contributed by atoms with E-state index in [1.165, 1.54) is 0 Å². The van der Waals surface area contributed by atoms with E-state index in [0.717, 1.165) is 29.4 Å². The van der Waals surface area contributed by atoms with E-state index in [4.69, 9.17) is 14.0 Å². The van der Waals surface area contributed by atoms with Crippen LogP contribution < -0.4 is 5.46 Å². The average Bonchev–Trinajstić information content (AvgIpc) is 3.00. The summed E-state index contributed by atoms with van der Waals surface area (Å²) in [4.78, 5) is 15.2. The first kappa shape index (κ1) is 25.8. The van der Waals surface area contributed by atoms with E-state index in [0.29, 0.717) is 6.54 Å². The van der Waals surface area contributed by atoms with E-state index in [9.17, 15) is 4.79 Å². The van der Waals surface area contributed by atoms with Crippen LogP contribution in [0.3, 0.4) is 0 Å². The third kappa shape index (κ3) is 5.15. The first-order chi connectivity index (χ1) is 16.2. The quantitative estimate of drug-likeness (QED) is 0.480. The highest BCUT2D eigenvalue weighted by Crippen LogP contribution is 2.44. The second-order valence-corrected chi connectivity index (χ2v) is 12.3. The fourth-order valence-corrected chi connectivity index (χ4v) is 5.14. The van der Waals surface area contributed by atoms with E-state index >= 15 is 0 Å². The van der Waals surface area contributed by atoms with Crippen LogP contribution >= 0.6 is 0 Å². The summed E-state index contributed by atoms with van der Waals surface area (Å²) in [5.41, 5.74) is 1.78. The van der Waals surface area contributed by atoms with Gasteiger partial charge in [0.2, 0.25) is 0 Å². The molecule has 0 unspecified atom stereocenters. The van der Waals surface area contributed by atoms with Crippen molar-refractivity contribution in [2.45, 2.75) is 91.1 Å². The first-order valence-corrected chi connectivity index (χ1v) is 12.7. The van der Waals surface area contributed by atoms with Crippen molar-refractivity contribution in [1.82, 2.24) is 4.90 Å². The summed E-state index contributed by atoms with van der Waals surface area (Å²) in [6.45, 7) is 17.5. The van der Waals surface area contributed by atoms with Gasteiger partial charge in [0.15, 0.2) is 0 Å². The van der Waals surface area contributed by atoms with Crippen molar-refractivity contribution in [3.8, 4) is 0 Å². The van der Waals surface area contributed by atoms with Gasteiger partial charge >= 0.3 is 13.2 Å². The molecule has 2 aromatic carbocycles. The number of benzene rings is 2. The fourth-order valence-electron chi connectivity index (χ4n) is 5.14. The Morgan fingerprint density at radius 1 is 0.943 bits per heavy atom. The summed E-state index contributed by atoms with van der Waals surface area (Å²) in [5.74, 6) is 0. The molecule has 4 rings (SSSR count). The van der Waals surface area contributed by atoms with Crippen molar-refractivity contribution in [2.75, 3.05) is 6.54 Å². The Morgan fingerprint density at radius 3 is 2.03 bits per heavy atom. The molecular weight excluding hydrogens is 437 g/mol. The van der Waals surface area contributed by atoms with Gasteiger partial charge in [-0.2, -0.15) is 0 Å². The maximum Gasteiger partial charge on any atom is 0.494 e. The molecule has 2 atom stereocenters. The Balaban J connectivity index is 1.49. The zero-order chi connectivity index (χ0) is 25.6. The van der Waals surface area contributed by atoms with Crippen LogP contribution in [-0.4, -0.2) is 35.9 Å². The highest BCUT2D eigenvalue weighted by Gasteiger charge is 2.51. The van der Waals surface area contributed by atoms with Gasteiger partial charge in [0, 0.05) is 13.0 Å². The van der Waals surface area contributed by atoms with Crippen molar-refractivity contribution in [1.29, 1.82) is 0 Å². The predicted octanol–water partition coefficient (Wildman–Crippen LogP) is 6.22. The topological polar surface area (TPSA) is 48.0 Å². The van der Waals surface area contributed by atoms with Crippen molar-refractivity contribution >= 4 is 18.7 Å². The van der Waals surface area contributed by atoms with Gasteiger partial charge in [0.05, 0.1) is 17.2 Å². The summed E-state index contributed by atoms with van der Waals surface area (Å²) < 4.78 is 18.7. The maximum atomic E-state index is 13.4. The maximum absolute atomic E-state index is 13.4. The molecule has 188 valence electrons. The van der Waals surface area contributed by atoms with Crippen LogP contribution in [0.15, 0.2) is 54.6 Å². The molecule has 0 aliphatic carbocycles. The summed E-state index contributed by atoms with van der Waals surface area (Å²) in [7, 11) is -0.395. The second-order valence-electron chi connectivity index (χ2n) is 12.3. The monoisotopic (exact) mass is 477 g/mol. The van der Waals surface area contributed by atoms with Crippen LogP contribution in [0.5, 0.6) is 0 Å². The Labute approximate surface area is 211 Å². The van der Waals surface area contributed by atoms with E-state index in [1.807, 2.05) is 35.2 Å². The van der Waals surface area contributed by atoms with Crippen molar-refractivity contribution in [2.24, 2.45) is 5.41 Å². The van der Waals surface area contributed by atoms with Gasteiger partial charge in [-0.05, 0) is 63.0 Å². The minimum absolute atomic E-state index is 0.0211. The number of cyclic esters (lactones) is 1. The van der Waals surface area contributed by atoms with E-state index < -0.39 is 12.7 Å². The molecule has 6 heteroatoms. The molecule has 0 saturated carbocycles. The number of carbonyl (C=O) groups excluding carboxylic acids is 1. The standard InChI is InChI=1S/C29H40BNO4/c1-21(22-14-16-24(17-15-22)30-34-27(5,6)28(7,8)35-30)31-19-18-29(33-25(31)32,20-26(2,3)4)23-12-10-9-11-13-23/h9-17,21H,18-20H2,1-8H3/t21-,29-/m0/s1. The highest BCUT2D eigenvalue weighted by molar-refractivity contribution is 6.62. The lowest BCUT2D eigenvalue weighted by atomic mass is 9.75. The number of ether oxygens (including phenoxy) is 1. The predicted molar refractivity (Wildman–Crippen MR) is 141 cm³/mol. The molecule has 0 N–H and O–H groups in total. The lowest BCUT2D eigenvalue weighted by Crippen LogP contribution is -2.50. The molecule has 5 nitrogen and oxygen atoms in total. The molecule has 2 fully saturated rings. The molecule has 2 saturated heterocycles. The van der Waals surface area contributed by atoms with Crippen LogP contribution in [0.1, 0.15) is 85.4 Å². The third-order valence-corrected chi connectivity index (χ3v) is 7.80. The number of rotatable bonds is 5. The molecule has 35 heavy (non-hydrogen) atoms. The zero-order valence-corrected chi connectivity index (χ0v) is 22.6. The van der Waals surface area contributed by atoms with Gasteiger partial charge in [-0.25, -0.2) is 4.79 Å². The van der Waals surface area contributed by atoms with Gasteiger partial charge in [-0.3, -0.25) is 0 Å². The lowest BCUT2D eigenvalue weighted by Gasteiger charge is -2.46. The molecule has 0 bridgehead atoms. The van der Waals surface area contributed by atoms with Crippen molar-refractivity contribution in [3.63, 3.8) is 0 Å². The molecule has 0 aromatic heterocycles. The number of hydrogen-bond acceptors (Lipinski definition) is 4. The van der Waals surface area contributed by atoms with Crippen LogP contribution in [0.2, 0.25) is 0 Å². The number of hydrogen-bond donors (Lipinski definition) is 0. The molecule has 2 aliphatic rings. The summed E-state index contributed by atoms with van der Waals surface area (Å²) >= 11 is 0. The summed E-state index contributed by atoms with van der Waals surface area (Å²) in [6.07, 6.45) is 1.28. The van der Waals surface area contributed by atoms with Gasteiger partial charge in [0.25, 0.3) is 0 Å². The number of carbonyl (C=O) groups is 1. The smallest absolute Gasteiger partial charge is 0.438 e. The number of amides is 1. The Morgan fingerprint density at radius 2 is 1.51 bits per heavy atom. The Kier molecular flexibility index (Phi) is 6.61. The summed E-state index contributed by atoms with van der Waals surface area (Å²) in [5, 5.41) is 0. The van der Waals surface area contributed by atoms with Crippen molar-refractivity contribution in [3.05, 3.63) is 65.7 Å². The second kappa shape index (κ2) is 8.97. The first-order valence-electron chi connectivity index (χ1n) is 12.7. The number of nitrogens with zero attached hydrogens (tertiary/aromatic N) is 1. The molecule has 2 aliphatic heterocycles. The fraction of sp³-hybridized carbons (Fsp3) is 0.552. The minimum atomic E-state index is -0.604. The van der Waals surface area contributed by atoms with Crippen LogP contribution in [0.4, 0.5) is 4.79 Å². The van der Waals surface area contributed by atoms with Gasteiger partial charge in [0.1, 0.15) is 5.60 Å². The molecule has 2 heterocycles. The average molecular weight is 477 g/mol. The van der Waals surface area contributed by atoms with E-state index in [1.54, 1.807) is 0 Å². The highest BCUT2D eigenvalue weighted by atomic mass is 16.7. The minimum Gasteiger partial charge on any atom is -0.438 e. The molecule has 0 spiro atoms. The largest absolute Gasteiger partial charge is 0.494 e. The van der Waals surface area contributed by atoms with Crippen molar-refractivity contribution < 1.29 is 18.8 Å². The van der Waals surface area contributed by atoms with Gasteiger partial charge < -0.3 is 18.9 Å².